The summed E-state index contributed by atoms with van der Waals surface area (Å²) in [5.74, 6) is -1.97. The predicted molar refractivity (Wildman–Crippen MR) is 63.5 cm³/mol. The number of carbonyl (C=O) groups is 2. The molecule has 98 valence electrons. The van der Waals surface area contributed by atoms with Crippen LogP contribution in [0.5, 0.6) is 0 Å². The zero-order valence-electron chi connectivity index (χ0n) is 10.0. The molecule has 1 rings (SSSR count). The summed E-state index contributed by atoms with van der Waals surface area (Å²) < 4.78 is 13.5. The average Bonchev–Trinajstić information content (AvgIpc) is 2.29. The molecule has 3 N–H and O–H groups in total. The lowest BCUT2D eigenvalue weighted by molar-refractivity contribution is -0.137. The van der Waals surface area contributed by atoms with Gasteiger partial charge < -0.3 is 15.7 Å². The Morgan fingerprint density at radius 3 is 2.67 bits per heavy atom. The van der Waals surface area contributed by atoms with E-state index in [9.17, 15) is 14.0 Å². The molecule has 0 saturated heterocycles. The van der Waals surface area contributed by atoms with Crippen molar-refractivity contribution in [3.05, 3.63) is 35.1 Å². The number of primary amides is 1. The third-order valence-electron chi connectivity index (χ3n) is 2.48. The van der Waals surface area contributed by atoms with Crippen LogP contribution < -0.4 is 5.73 Å². The highest BCUT2D eigenvalue weighted by molar-refractivity contribution is 5.92. The molecule has 0 atom stereocenters. The van der Waals surface area contributed by atoms with Crippen LogP contribution in [-0.2, 0) is 11.3 Å². The van der Waals surface area contributed by atoms with Crippen molar-refractivity contribution in [1.82, 2.24) is 4.90 Å². The maximum absolute atomic E-state index is 13.5. The molecule has 0 spiro atoms. The first-order chi connectivity index (χ1) is 8.40. The minimum atomic E-state index is -0.909. The number of hydrogen-bond donors (Lipinski definition) is 2. The van der Waals surface area contributed by atoms with Crippen molar-refractivity contribution in [3.63, 3.8) is 0 Å². The molecule has 0 heterocycles. The molecule has 0 fully saturated rings. The van der Waals surface area contributed by atoms with Gasteiger partial charge in [0.05, 0.1) is 6.42 Å². The zero-order chi connectivity index (χ0) is 13.7. The largest absolute Gasteiger partial charge is 0.481 e. The highest BCUT2D eigenvalue weighted by Crippen LogP contribution is 2.12. The SMILES string of the molecule is CN(CCC(=O)O)Cc1cc(C(N)=O)ccc1F. The van der Waals surface area contributed by atoms with Crippen molar-refractivity contribution in [2.24, 2.45) is 5.73 Å². The number of nitrogens with zero attached hydrogens (tertiary/aromatic N) is 1. The van der Waals surface area contributed by atoms with Crippen LogP contribution in [0.15, 0.2) is 18.2 Å². The number of halogens is 1. The van der Waals surface area contributed by atoms with E-state index in [2.05, 4.69) is 0 Å². The van der Waals surface area contributed by atoms with Gasteiger partial charge in [0.1, 0.15) is 5.82 Å². The predicted octanol–water partition coefficient (Wildman–Crippen LogP) is 0.831. The second-order valence-corrected chi connectivity index (χ2v) is 4.05. The number of rotatable bonds is 6. The van der Waals surface area contributed by atoms with Crippen LogP contribution in [0.2, 0.25) is 0 Å². The molecule has 6 heteroatoms. The lowest BCUT2D eigenvalue weighted by Crippen LogP contribution is -2.22. The van der Waals surface area contributed by atoms with E-state index in [1.54, 1.807) is 11.9 Å². The van der Waals surface area contributed by atoms with Crippen molar-refractivity contribution in [3.8, 4) is 0 Å². The Hall–Kier alpha value is -1.95. The number of carboxylic acids is 1. The number of carbonyl (C=O) groups excluding carboxylic acids is 1. The molecule has 0 aliphatic rings. The number of nitrogens with two attached hydrogens (primary N) is 1. The minimum absolute atomic E-state index is 0.0202. The molecule has 0 bridgehead atoms. The van der Waals surface area contributed by atoms with Crippen molar-refractivity contribution in [2.75, 3.05) is 13.6 Å². The summed E-state index contributed by atoms with van der Waals surface area (Å²) in [6, 6.07) is 3.88. The fraction of sp³-hybridized carbons (Fsp3) is 0.333. The molecular formula is C12H15FN2O3. The summed E-state index contributed by atoms with van der Waals surface area (Å²) in [7, 11) is 1.68. The normalized spacial score (nSPS) is 10.6. The van der Waals surface area contributed by atoms with E-state index in [0.29, 0.717) is 12.1 Å². The third-order valence-corrected chi connectivity index (χ3v) is 2.48. The molecule has 1 aromatic rings. The Morgan fingerprint density at radius 2 is 2.11 bits per heavy atom. The number of aliphatic carboxylic acids is 1. The van der Waals surface area contributed by atoms with Gasteiger partial charge in [-0.05, 0) is 25.2 Å². The first kappa shape index (κ1) is 14.1. The number of amides is 1. The van der Waals surface area contributed by atoms with E-state index in [1.807, 2.05) is 0 Å². The molecule has 0 aliphatic carbocycles. The van der Waals surface area contributed by atoms with Gasteiger partial charge in [0, 0.05) is 24.2 Å². The summed E-state index contributed by atoms with van der Waals surface area (Å²) in [5.41, 5.74) is 5.66. The quantitative estimate of drug-likeness (QED) is 0.787. The maximum Gasteiger partial charge on any atom is 0.304 e. The van der Waals surface area contributed by atoms with Gasteiger partial charge in [-0.1, -0.05) is 0 Å². The number of carboxylic acid groups (broad SMARTS) is 1. The number of benzene rings is 1. The first-order valence-electron chi connectivity index (χ1n) is 5.38. The van der Waals surface area contributed by atoms with E-state index < -0.39 is 17.7 Å². The molecule has 1 aromatic carbocycles. The maximum atomic E-state index is 13.5. The Balaban J connectivity index is 2.73. The van der Waals surface area contributed by atoms with E-state index >= 15 is 0 Å². The van der Waals surface area contributed by atoms with Gasteiger partial charge in [0.15, 0.2) is 0 Å². The van der Waals surface area contributed by atoms with Gasteiger partial charge in [-0.3, -0.25) is 9.59 Å². The van der Waals surface area contributed by atoms with E-state index in [0.717, 1.165) is 0 Å². The Kier molecular flexibility index (Phi) is 4.79. The molecule has 0 unspecified atom stereocenters. The first-order valence-corrected chi connectivity index (χ1v) is 5.38. The van der Waals surface area contributed by atoms with Crippen molar-refractivity contribution in [1.29, 1.82) is 0 Å². The van der Waals surface area contributed by atoms with Gasteiger partial charge in [-0.25, -0.2) is 4.39 Å². The molecular weight excluding hydrogens is 239 g/mol. The summed E-state index contributed by atoms with van der Waals surface area (Å²) >= 11 is 0. The van der Waals surface area contributed by atoms with Gasteiger partial charge in [0.25, 0.3) is 0 Å². The molecule has 0 aliphatic heterocycles. The molecule has 1 amide bonds. The fourth-order valence-corrected chi connectivity index (χ4v) is 1.51. The lowest BCUT2D eigenvalue weighted by atomic mass is 10.1. The van der Waals surface area contributed by atoms with Crippen LogP contribution >= 0.6 is 0 Å². The topological polar surface area (TPSA) is 83.6 Å². The van der Waals surface area contributed by atoms with Gasteiger partial charge >= 0.3 is 5.97 Å². The number of hydrogen-bond acceptors (Lipinski definition) is 3. The minimum Gasteiger partial charge on any atom is -0.481 e. The van der Waals surface area contributed by atoms with Crippen molar-refractivity contribution < 1.29 is 19.1 Å². The lowest BCUT2D eigenvalue weighted by Gasteiger charge is -2.16. The Morgan fingerprint density at radius 1 is 1.44 bits per heavy atom. The molecule has 18 heavy (non-hydrogen) atoms. The second-order valence-electron chi connectivity index (χ2n) is 4.05. The fourth-order valence-electron chi connectivity index (χ4n) is 1.51. The van der Waals surface area contributed by atoms with Crippen molar-refractivity contribution >= 4 is 11.9 Å². The molecule has 0 aromatic heterocycles. The van der Waals surface area contributed by atoms with Crippen LogP contribution in [0.25, 0.3) is 0 Å². The van der Waals surface area contributed by atoms with E-state index in [1.165, 1.54) is 18.2 Å². The van der Waals surface area contributed by atoms with Gasteiger partial charge in [-0.2, -0.15) is 0 Å². The van der Waals surface area contributed by atoms with Crippen LogP contribution in [0.1, 0.15) is 22.3 Å². The average molecular weight is 254 g/mol. The Labute approximate surface area is 104 Å². The van der Waals surface area contributed by atoms with Crippen LogP contribution in [-0.4, -0.2) is 35.5 Å². The third kappa shape index (κ3) is 4.14. The second kappa shape index (κ2) is 6.11. The molecule has 0 saturated carbocycles. The highest BCUT2D eigenvalue weighted by atomic mass is 19.1. The van der Waals surface area contributed by atoms with Crippen LogP contribution in [0.3, 0.4) is 0 Å². The summed E-state index contributed by atoms with van der Waals surface area (Å²) in [6.45, 7) is 0.524. The highest BCUT2D eigenvalue weighted by Gasteiger charge is 2.10. The smallest absolute Gasteiger partial charge is 0.304 e. The summed E-state index contributed by atoms with van der Waals surface area (Å²) in [5, 5.41) is 8.54. The van der Waals surface area contributed by atoms with Crippen molar-refractivity contribution in [2.45, 2.75) is 13.0 Å². The zero-order valence-corrected chi connectivity index (χ0v) is 10.0. The van der Waals surface area contributed by atoms with Crippen LogP contribution in [0, 0.1) is 5.82 Å². The molecule has 5 nitrogen and oxygen atoms in total. The summed E-state index contributed by atoms with van der Waals surface area (Å²) in [6.07, 6.45) is -0.0202. The summed E-state index contributed by atoms with van der Waals surface area (Å²) in [4.78, 5) is 23.0. The monoisotopic (exact) mass is 254 g/mol. The Bertz CT molecular complexity index is 463. The van der Waals surface area contributed by atoms with E-state index in [4.69, 9.17) is 10.8 Å². The van der Waals surface area contributed by atoms with Gasteiger partial charge in [0.2, 0.25) is 5.91 Å². The molecule has 0 radical (unpaired) electrons. The van der Waals surface area contributed by atoms with Gasteiger partial charge in [-0.15, -0.1) is 0 Å². The van der Waals surface area contributed by atoms with Crippen LogP contribution in [0.4, 0.5) is 4.39 Å². The van der Waals surface area contributed by atoms with E-state index in [-0.39, 0.29) is 18.5 Å². The standard InChI is InChI=1S/C12H15FN2O3/c1-15(5-4-11(16)17)7-9-6-8(12(14)18)2-3-10(9)13/h2-3,6H,4-5,7H2,1H3,(H2,14,18)(H,16,17).